The lowest BCUT2D eigenvalue weighted by atomic mass is 10.1. The number of nitrogens with one attached hydrogen (secondary N) is 1. The van der Waals surface area contributed by atoms with Crippen LogP contribution in [-0.4, -0.2) is 49.3 Å². The van der Waals surface area contributed by atoms with Gasteiger partial charge >= 0.3 is 12.2 Å². The van der Waals surface area contributed by atoms with Crippen molar-refractivity contribution in [2.45, 2.75) is 25.1 Å². The van der Waals surface area contributed by atoms with Crippen LogP contribution in [0.5, 0.6) is 0 Å². The highest BCUT2D eigenvalue weighted by Crippen LogP contribution is 2.35. The highest BCUT2D eigenvalue weighted by molar-refractivity contribution is 5.93. The minimum atomic E-state index is -4.48. The molecular formula is C15H20F3N3O2. The van der Waals surface area contributed by atoms with Gasteiger partial charge in [0.15, 0.2) is 0 Å². The number of amides is 2. The monoisotopic (exact) mass is 331 g/mol. The first kappa shape index (κ1) is 17.4. The average Bonchev–Trinajstić information content (AvgIpc) is 2.94. The van der Waals surface area contributed by atoms with Gasteiger partial charge in [-0.25, -0.2) is 4.79 Å². The quantitative estimate of drug-likeness (QED) is 0.895. The molecule has 0 unspecified atom stereocenters. The zero-order chi connectivity index (χ0) is 17.2. The van der Waals surface area contributed by atoms with Crippen LogP contribution in [0, 0.1) is 0 Å². The van der Waals surface area contributed by atoms with E-state index in [0.29, 0.717) is 18.7 Å². The SMILES string of the molecule is CN(C)c1ccc(C(F)(F)F)cc1NC(=O)N1CCC[C@@H]1CO. The Kier molecular flexibility index (Phi) is 5.03. The van der Waals surface area contributed by atoms with Crippen LogP contribution in [0.1, 0.15) is 18.4 Å². The van der Waals surface area contributed by atoms with Gasteiger partial charge in [-0.3, -0.25) is 0 Å². The molecule has 0 saturated carbocycles. The molecule has 5 nitrogen and oxygen atoms in total. The van der Waals surface area contributed by atoms with Crippen LogP contribution in [-0.2, 0) is 6.18 Å². The summed E-state index contributed by atoms with van der Waals surface area (Å²) >= 11 is 0. The lowest BCUT2D eigenvalue weighted by Crippen LogP contribution is -2.40. The normalized spacial score (nSPS) is 18.2. The number of carbonyl (C=O) groups is 1. The second-order valence-electron chi connectivity index (χ2n) is 5.73. The van der Waals surface area contributed by atoms with Gasteiger partial charge in [0.25, 0.3) is 0 Å². The molecular weight excluding hydrogens is 311 g/mol. The Morgan fingerprint density at radius 1 is 1.43 bits per heavy atom. The molecule has 0 bridgehead atoms. The van der Waals surface area contributed by atoms with E-state index in [2.05, 4.69) is 5.32 Å². The fraction of sp³-hybridized carbons (Fsp3) is 0.533. The number of benzene rings is 1. The number of urea groups is 1. The molecule has 0 spiro atoms. The van der Waals surface area contributed by atoms with Crippen molar-refractivity contribution >= 4 is 17.4 Å². The third-order valence-corrected chi connectivity index (χ3v) is 3.90. The van der Waals surface area contributed by atoms with Gasteiger partial charge in [-0.2, -0.15) is 13.2 Å². The van der Waals surface area contributed by atoms with E-state index >= 15 is 0 Å². The van der Waals surface area contributed by atoms with Crippen LogP contribution in [0.3, 0.4) is 0 Å². The number of nitrogens with zero attached hydrogens (tertiary/aromatic N) is 2. The summed E-state index contributed by atoms with van der Waals surface area (Å²) in [6.45, 7) is 0.323. The number of hydrogen-bond donors (Lipinski definition) is 2. The third-order valence-electron chi connectivity index (χ3n) is 3.90. The van der Waals surface area contributed by atoms with Crippen LogP contribution >= 0.6 is 0 Å². The average molecular weight is 331 g/mol. The summed E-state index contributed by atoms with van der Waals surface area (Å²) in [7, 11) is 3.37. The Morgan fingerprint density at radius 2 is 2.13 bits per heavy atom. The summed E-state index contributed by atoms with van der Waals surface area (Å²) in [6.07, 6.45) is -3.03. The fourth-order valence-corrected chi connectivity index (χ4v) is 2.68. The number of aliphatic hydroxyl groups excluding tert-OH is 1. The maximum atomic E-state index is 12.9. The Balaban J connectivity index is 2.28. The minimum Gasteiger partial charge on any atom is -0.394 e. The molecule has 1 aliphatic rings. The summed E-state index contributed by atoms with van der Waals surface area (Å²) in [4.78, 5) is 15.4. The van der Waals surface area contributed by atoms with Gasteiger partial charge in [-0.15, -0.1) is 0 Å². The molecule has 2 N–H and O–H groups in total. The van der Waals surface area contributed by atoms with Crippen LogP contribution in [0.2, 0.25) is 0 Å². The van der Waals surface area contributed by atoms with Crippen molar-refractivity contribution in [3.8, 4) is 0 Å². The molecule has 0 aliphatic carbocycles. The van der Waals surface area contributed by atoms with Gasteiger partial charge in [-0.1, -0.05) is 0 Å². The van der Waals surface area contributed by atoms with Crippen LogP contribution in [0.15, 0.2) is 18.2 Å². The molecule has 1 aliphatic heterocycles. The molecule has 128 valence electrons. The molecule has 23 heavy (non-hydrogen) atoms. The molecule has 1 fully saturated rings. The lowest BCUT2D eigenvalue weighted by Gasteiger charge is -2.25. The van der Waals surface area contributed by atoms with E-state index in [0.717, 1.165) is 18.6 Å². The number of carbonyl (C=O) groups excluding carboxylic acids is 1. The topological polar surface area (TPSA) is 55.8 Å². The summed E-state index contributed by atoms with van der Waals surface area (Å²) in [5, 5.41) is 11.8. The van der Waals surface area contributed by atoms with Crippen molar-refractivity contribution in [1.29, 1.82) is 0 Å². The van der Waals surface area contributed by atoms with Gasteiger partial charge in [-0.05, 0) is 31.0 Å². The second-order valence-corrected chi connectivity index (χ2v) is 5.73. The number of likely N-dealkylation sites (tertiary alicyclic amines) is 1. The first-order chi connectivity index (χ1) is 10.7. The molecule has 0 radical (unpaired) electrons. The number of halogens is 3. The van der Waals surface area contributed by atoms with E-state index in [9.17, 15) is 23.1 Å². The van der Waals surface area contributed by atoms with Crippen LogP contribution in [0.25, 0.3) is 0 Å². The maximum Gasteiger partial charge on any atom is 0.416 e. The predicted octanol–water partition coefficient (Wildman–Crippen LogP) is 2.76. The van der Waals surface area contributed by atoms with Crippen molar-refractivity contribution in [1.82, 2.24) is 4.90 Å². The smallest absolute Gasteiger partial charge is 0.394 e. The third kappa shape index (κ3) is 3.87. The summed E-state index contributed by atoms with van der Waals surface area (Å²) in [5.74, 6) is 0. The van der Waals surface area contributed by atoms with E-state index in [4.69, 9.17) is 0 Å². The molecule has 1 atom stereocenters. The molecule has 0 aromatic heterocycles. The van der Waals surface area contributed by atoms with Crippen molar-refractivity contribution in [3.63, 3.8) is 0 Å². The van der Waals surface area contributed by atoms with Crippen molar-refractivity contribution in [2.24, 2.45) is 0 Å². The number of alkyl halides is 3. The van der Waals surface area contributed by atoms with E-state index in [1.54, 1.807) is 19.0 Å². The van der Waals surface area contributed by atoms with Crippen LogP contribution < -0.4 is 10.2 Å². The Labute approximate surface area is 132 Å². The van der Waals surface area contributed by atoms with E-state index in [1.807, 2.05) is 0 Å². The number of hydrogen-bond acceptors (Lipinski definition) is 3. The van der Waals surface area contributed by atoms with E-state index in [-0.39, 0.29) is 18.3 Å². The zero-order valence-electron chi connectivity index (χ0n) is 13.0. The van der Waals surface area contributed by atoms with Crippen molar-refractivity contribution < 1.29 is 23.1 Å². The fourth-order valence-electron chi connectivity index (χ4n) is 2.68. The van der Waals surface area contributed by atoms with Gasteiger partial charge in [0.05, 0.1) is 29.6 Å². The molecule has 1 aromatic rings. The predicted molar refractivity (Wildman–Crippen MR) is 81.6 cm³/mol. The van der Waals surface area contributed by atoms with Crippen molar-refractivity contribution in [3.05, 3.63) is 23.8 Å². The largest absolute Gasteiger partial charge is 0.416 e. The summed E-state index contributed by atoms with van der Waals surface area (Å²) in [6, 6.07) is 2.45. The standard InChI is InChI=1S/C15H20F3N3O2/c1-20(2)13-6-5-10(15(16,17)18)8-12(13)19-14(23)21-7-3-4-11(21)9-22/h5-6,8,11,22H,3-4,7,9H2,1-2H3,(H,19,23)/t11-/m1/s1. The molecule has 8 heteroatoms. The lowest BCUT2D eigenvalue weighted by molar-refractivity contribution is -0.137. The number of anilines is 2. The first-order valence-corrected chi connectivity index (χ1v) is 7.31. The Morgan fingerprint density at radius 3 is 2.70 bits per heavy atom. The minimum absolute atomic E-state index is 0.0958. The zero-order valence-corrected chi connectivity index (χ0v) is 13.0. The van der Waals surface area contributed by atoms with Gasteiger partial charge in [0.1, 0.15) is 0 Å². The Bertz CT molecular complexity index is 576. The highest BCUT2D eigenvalue weighted by Gasteiger charge is 2.32. The van der Waals surface area contributed by atoms with Crippen molar-refractivity contribution in [2.75, 3.05) is 37.5 Å². The highest BCUT2D eigenvalue weighted by atomic mass is 19.4. The van der Waals surface area contributed by atoms with Gasteiger partial charge < -0.3 is 20.2 Å². The molecule has 2 amide bonds. The summed E-state index contributed by atoms with van der Waals surface area (Å²) in [5.41, 5.74) is -0.247. The maximum absolute atomic E-state index is 12.9. The molecule has 1 heterocycles. The van der Waals surface area contributed by atoms with Gasteiger partial charge in [0.2, 0.25) is 0 Å². The summed E-state index contributed by atoms with van der Waals surface area (Å²) < 4.78 is 38.7. The number of aliphatic hydroxyl groups is 1. The molecule has 1 saturated heterocycles. The molecule has 1 aromatic carbocycles. The molecule has 2 rings (SSSR count). The van der Waals surface area contributed by atoms with Gasteiger partial charge in [0, 0.05) is 20.6 Å². The number of rotatable bonds is 3. The Hall–Kier alpha value is -1.96. The van der Waals surface area contributed by atoms with E-state index < -0.39 is 17.8 Å². The second kappa shape index (κ2) is 6.66. The van der Waals surface area contributed by atoms with Crippen LogP contribution in [0.4, 0.5) is 29.3 Å². The van der Waals surface area contributed by atoms with E-state index in [1.165, 1.54) is 11.0 Å². The first-order valence-electron chi connectivity index (χ1n) is 7.31.